The van der Waals surface area contributed by atoms with Crippen LogP contribution in [0.25, 0.3) is 5.78 Å². The molecule has 1 N–H and O–H groups in total. The number of fused-ring (bicyclic) bond motifs is 1. The molecule has 0 aliphatic carbocycles. The normalized spacial score (nSPS) is 10.6. The monoisotopic (exact) mass is 325 g/mol. The number of hydrogen-bond donors (Lipinski definition) is 1. The number of methoxy groups -OCH3 is 1. The minimum Gasteiger partial charge on any atom is -0.465 e. The quantitative estimate of drug-likeness (QED) is 0.737. The summed E-state index contributed by atoms with van der Waals surface area (Å²) >= 11 is 0. The Hall–Kier alpha value is -3.29. The van der Waals surface area contributed by atoms with Crippen LogP contribution in [0.4, 0.5) is 5.69 Å². The van der Waals surface area contributed by atoms with Gasteiger partial charge in [-0.2, -0.15) is 4.98 Å². The lowest BCUT2D eigenvalue weighted by Gasteiger charge is -2.10. The number of benzene rings is 1. The molecule has 1 amide bonds. The number of ether oxygens (including phenoxy) is 1. The van der Waals surface area contributed by atoms with Crippen molar-refractivity contribution >= 4 is 23.3 Å². The molecule has 0 saturated heterocycles. The maximum absolute atomic E-state index is 12.4. The van der Waals surface area contributed by atoms with E-state index in [-0.39, 0.29) is 5.82 Å². The highest BCUT2D eigenvalue weighted by Gasteiger charge is 2.17. The molecule has 0 aliphatic rings. The maximum Gasteiger partial charge on any atom is 0.338 e. The number of carbonyl (C=O) groups is 2. The molecule has 0 aliphatic heterocycles. The number of nitrogens with one attached hydrogen (secondary N) is 1. The molecule has 8 nitrogen and oxygen atoms in total. The molecule has 1 aromatic carbocycles. The SMILES string of the molecule is COC(=O)c1cccc(NC(=O)c2nc3nccc(C)n3n2)c1C. The molecule has 0 bridgehead atoms. The van der Waals surface area contributed by atoms with Gasteiger partial charge in [-0.05, 0) is 37.6 Å². The molecule has 0 spiro atoms. The number of carbonyl (C=O) groups excluding carboxylic acids is 2. The molecule has 0 atom stereocenters. The number of hydrogen-bond acceptors (Lipinski definition) is 6. The second-order valence-electron chi connectivity index (χ2n) is 5.16. The van der Waals surface area contributed by atoms with Gasteiger partial charge in [0.2, 0.25) is 5.82 Å². The Morgan fingerprint density at radius 2 is 2.00 bits per heavy atom. The third-order valence-corrected chi connectivity index (χ3v) is 3.62. The van der Waals surface area contributed by atoms with Gasteiger partial charge in [0.25, 0.3) is 11.7 Å². The number of rotatable bonds is 3. The number of nitrogens with zero attached hydrogens (tertiary/aromatic N) is 4. The van der Waals surface area contributed by atoms with Crippen molar-refractivity contribution in [1.82, 2.24) is 19.6 Å². The van der Waals surface area contributed by atoms with Gasteiger partial charge in [-0.25, -0.2) is 14.3 Å². The third kappa shape index (κ3) is 2.69. The van der Waals surface area contributed by atoms with E-state index in [1.54, 1.807) is 37.4 Å². The van der Waals surface area contributed by atoms with Crippen LogP contribution >= 0.6 is 0 Å². The van der Waals surface area contributed by atoms with E-state index >= 15 is 0 Å². The maximum atomic E-state index is 12.4. The summed E-state index contributed by atoms with van der Waals surface area (Å²) in [6.45, 7) is 3.57. The van der Waals surface area contributed by atoms with E-state index in [0.29, 0.717) is 22.6 Å². The molecule has 0 radical (unpaired) electrons. The highest BCUT2D eigenvalue weighted by Crippen LogP contribution is 2.20. The summed E-state index contributed by atoms with van der Waals surface area (Å²) < 4.78 is 6.22. The fourth-order valence-corrected chi connectivity index (χ4v) is 2.28. The molecule has 2 aromatic heterocycles. The predicted octanol–water partition coefficient (Wildman–Crippen LogP) is 1.78. The lowest BCUT2D eigenvalue weighted by molar-refractivity contribution is 0.0599. The molecule has 0 unspecified atom stereocenters. The van der Waals surface area contributed by atoms with E-state index in [4.69, 9.17) is 4.74 Å². The molecule has 0 fully saturated rings. The first-order chi connectivity index (χ1) is 11.5. The van der Waals surface area contributed by atoms with Crippen molar-refractivity contribution in [2.24, 2.45) is 0 Å². The van der Waals surface area contributed by atoms with Crippen LogP contribution in [-0.4, -0.2) is 38.6 Å². The van der Waals surface area contributed by atoms with Crippen LogP contribution < -0.4 is 5.32 Å². The summed E-state index contributed by atoms with van der Waals surface area (Å²) in [5.41, 5.74) is 2.30. The fourth-order valence-electron chi connectivity index (χ4n) is 2.28. The number of aromatic nitrogens is 4. The second kappa shape index (κ2) is 6.07. The van der Waals surface area contributed by atoms with Crippen LogP contribution in [0.5, 0.6) is 0 Å². The van der Waals surface area contributed by atoms with Gasteiger partial charge in [-0.3, -0.25) is 4.79 Å². The van der Waals surface area contributed by atoms with Gasteiger partial charge >= 0.3 is 5.97 Å². The number of aryl methyl sites for hydroxylation is 1. The average molecular weight is 325 g/mol. The molecular weight excluding hydrogens is 310 g/mol. The molecule has 2 heterocycles. The number of anilines is 1. The van der Waals surface area contributed by atoms with Gasteiger partial charge < -0.3 is 10.1 Å². The standard InChI is InChI=1S/C16H15N5O3/c1-9-7-8-17-16-19-13(20-21(9)16)14(22)18-12-6-4-5-11(10(12)2)15(23)24-3/h4-8H,1-3H3,(H,18,22). The Labute approximate surface area is 137 Å². The zero-order valence-corrected chi connectivity index (χ0v) is 13.4. The largest absolute Gasteiger partial charge is 0.465 e. The lowest BCUT2D eigenvalue weighted by Crippen LogP contribution is -2.16. The summed E-state index contributed by atoms with van der Waals surface area (Å²) in [5.74, 6) is -0.598. The van der Waals surface area contributed by atoms with Gasteiger partial charge in [0.05, 0.1) is 12.7 Å². The number of amides is 1. The molecule has 122 valence electrons. The second-order valence-corrected chi connectivity index (χ2v) is 5.16. The van der Waals surface area contributed by atoms with Crippen molar-refractivity contribution in [1.29, 1.82) is 0 Å². The van der Waals surface area contributed by atoms with E-state index in [1.165, 1.54) is 11.6 Å². The van der Waals surface area contributed by atoms with Gasteiger partial charge in [0.1, 0.15) is 0 Å². The summed E-state index contributed by atoms with van der Waals surface area (Å²) in [6, 6.07) is 6.76. The van der Waals surface area contributed by atoms with Gasteiger partial charge in [0.15, 0.2) is 0 Å². The Morgan fingerprint density at radius 1 is 1.21 bits per heavy atom. The van der Waals surface area contributed by atoms with E-state index < -0.39 is 11.9 Å². The minimum atomic E-state index is -0.481. The lowest BCUT2D eigenvalue weighted by atomic mass is 10.1. The van der Waals surface area contributed by atoms with E-state index in [0.717, 1.165) is 5.69 Å². The Balaban J connectivity index is 1.92. The molecule has 8 heteroatoms. The van der Waals surface area contributed by atoms with Gasteiger partial charge in [-0.1, -0.05) is 6.07 Å². The van der Waals surface area contributed by atoms with Crippen molar-refractivity contribution in [2.45, 2.75) is 13.8 Å². The van der Waals surface area contributed by atoms with E-state index in [9.17, 15) is 9.59 Å². The summed E-state index contributed by atoms with van der Waals surface area (Å²) in [7, 11) is 1.31. The van der Waals surface area contributed by atoms with Crippen LogP contribution in [0.15, 0.2) is 30.5 Å². The Morgan fingerprint density at radius 3 is 2.71 bits per heavy atom. The topological polar surface area (TPSA) is 98.5 Å². The highest BCUT2D eigenvalue weighted by molar-refractivity contribution is 6.03. The molecule has 3 rings (SSSR count). The summed E-state index contributed by atoms with van der Waals surface area (Å²) in [6.07, 6.45) is 1.60. The first kappa shape index (κ1) is 15.6. The van der Waals surface area contributed by atoms with Crippen LogP contribution in [0.3, 0.4) is 0 Å². The zero-order chi connectivity index (χ0) is 17.3. The molecular formula is C16H15N5O3. The van der Waals surface area contributed by atoms with Crippen LogP contribution in [0.2, 0.25) is 0 Å². The van der Waals surface area contributed by atoms with Gasteiger partial charge in [-0.15, -0.1) is 5.10 Å². The average Bonchev–Trinajstić information content (AvgIpc) is 3.02. The number of esters is 1. The Bertz CT molecular complexity index is 948. The van der Waals surface area contributed by atoms with E-state index in [1.807, 2.05) is 6.92 Å². The van der Waals surface area contributed by atoms with E-state index in [2.05, 4.69) is 20.4 Å². The van der Waals surface area contributed by atoms with Gasteiger partial charge in [0, 0.05) is 17.6 Å². The van der Waals surface area contributed by atoms with Crippen molar-refractivity contribution in [3.8, 4) is 0 Å². The molecule has 3 aromatic rings. The summed E-state index contributed by atoms with van der Waals surface area (Å²) in [4.78, 5) is 32.3. The minimum absolute atomic E-state index is 0.000305. The molecule has 24 heavy (non-hydrogen) atoms. The van der Waals surface area contributed by atoms with Crippen LogP contribution in [0, 0.1) is 13.8 Å². The first-order valence-corrected chi connectivity index (χ1v) is 7.19. The first-order valence-electron chi connectivity index (χ1n) is 7.19. The van der Waals surface area contributed by atoms with Crippen LogP contribution in [0.1, 0.15) is 32.2 Å². The smallest absolute Gasteiger partial charge is 0.338 e. The third-order valence-electron chi connectivity index (χ3n) is 3.62. The summed E-state index contributed by atoms with van der Waals surface area (Å²) in [5, 5.41) is 6.86. The van der Waals surface area contributed by atoms with Crippen molar-refractivity contribution in [3.63, 3.8) is 0 Å². The zero-order valence-electron chi connectivity index (χ0n) is 13.4. The predicted molar refractivity (Wildman–Crippen MR) is 86.0 cm³/mol. The van der Waals surface area contributed by atoms with Crippen molar-refractivity contribution < 1.29 is 14.3 Å². The van der Waals surface area contributed by atoms with Crippen molar-refractivity contribution in [2.75, 3.05) is 12.4 Å². The van der Waals surface area contributed by atoms with Crippen molar-refractivity contribution in [3.05, 3.63) is 53.1 Å². The fraction of sp³-hybridized carbons (Fsp3) is 0.188. The highest BCUT2D eigenvalue weighted by atomic mass is 16.5. The molecule has 0 saturated carbocycles. The Kier molecular flexibility index (Phi) is 3.95. The van der Waals surface area contributed by atoms with Crippen LogP contribution in [-0.2, 0) is 4.74 Å².